The van der Waals surface area contributed by atoms with Gasteiger partial charge in [-0.25, -0.2) is 4.39 Å². The molecule has 21 heavy (non-hydrogen) atoms. The van der Waals surface area contributed by atoms with Crippen LogP contribution in [0, 0.1) is 27.3 Å². The van der Waals surface area contributed by atoms with E-state index in [1.165, 1.54) is 24.3 Å². The van der Waals surface area contributed by atoms with Gasteiger partial charge >= 0.3 is 5.69 Å². The van der Waals surface area contributed by atoms with Crippen molar-refractivity contribution in [2.24, 2.45) is 0 Å². The number of nitro groups is 1. The van der Waals surface area contributed by atoms with Crippen molar-refractivity contribution in [3.05, 3.63) is 57.9 Å². The topological polar surface area (TPSA) is 88.2 Å². The monoisotopic (exact) mass is 287 g/mol. The second-order valence-corrected chi connectivity index (χ2v) is 4.01. The van der Waals surface area contributed by atoms with E-state index in [9.17, 15) is 14.5 Å². The predicted molar refractivity (Wildman–Crippen MR) is 73.8 cm³/mol. The number of hydrogen-bond acceptors (Lipinski definition) is 5. The highest BCUT2D eigenvalue weighted by Gasteiger charge is 2.21. The number of hydrogen-bond donors (Lipinski definition) is 1. The van der Waals surface area contributed by atoms with E-state index in [-0.39, 0.29) is 28.4 Å². The Morgan fingerprint density at radius 3 is 2.71 bits per heavy atom. The minimum atomic E-state index is -0.748. The van der Waals surface area contributed by atoms with Crippen molar-refractivity contribution in [2.75, 3.05) is 12.4 Å². The van der Waals surface area contributed by atoms with E-state index in [1.807, 2.05) is 0 Å². The van der Waals surface area contributed by atoms with Crippen LogP contribution in [-0.2, 0) is 0 Å². The zero-order valence-corrected chi connectivity index (χ0v) is 11.0. The summed E-state index contributed by atoms with van der Waals surface area (Å²) in [5.74, 6) is -0.693. The SMILES string of the molecule is CNc1cccc(Oc2ccc(C#N)c(F)c2)c1[N+](=O)[O-]. The van der Waals surface area contributed by atoms with Crippen molar-refractivity contribution in [2.45, 2.75) is 0 Å². The van der Waals surface area contributed by atoms with Crippen molar-refractivity contribution in [1.29, 1.82) is 5.26 Å². The minimum absolute atomic E-state index is 0.0176. The lowest BCUT2D eigenvalue weighted by atomic mass is 10.2. The Bertz CT molecular complexity index is 741. The molecule has 0 unspecified atom stereocenters. The van der Waals surface area contributed by atoms with Gasteiger partial charge in [0, 0.05) is 13.1 Å². The first-order chi connectivity index (χ1) is 10.1. The maximum atomic E-state index is 13.5. The Morgan fingerprint density at radius 2 is 2.14 bits per heavy atom. The first-order valence-corrected chi connectivity index (χ1v) is 5.89. The van der Waals surface area contributed by atoms with E-state index in [2.05, 4.69) is 5.32 Å². The highest BCUT2D eigenvalue weighted by Crippen LogP contribution is 2.37. The Labute approximate surface area is 119 Å². The van der Waals surface area contributed by atoms with Crippen LogP contribution in [0.3, 0.4) is 0 Å². The van der Waals surface area contributed by atoms with E-state index in [1.54, 1.807) is 19.2 Å². The van der Waals surface area contributed by atoms with Gasteiger partial charge in [-0.1, -0.05) is 6.07 Å². The zero-order chi connectivity index (χ0) is 15.4. The molecule has 7 heteroatoms. The number of nitrogens with zero attached hydrogens (tertiary/aromatic N) is 2. The summed E-state index contributed by atoms with van der Waals surface area (Å²) < 4.78 is 18.9. The number of para-hydroxylation sites is 1. The van der Waals surface area contributed by atoms with Gasteiger partial charge in [-0.3, -0.25) is 10.1 Å². The van der Waals surface area contributed by atoms with E-state index < -0.39 is 10.7 Å². The molecule has 2 rings (SSSR count). The molecule has 0 atom stereocenters. The summed E-state index contributed by atoms with van der Waals surface area (Å²) in [6.07, 6.45) is 0. The molecule has 0 radical (unpaired) electrons. The van der Waals surface area contributed by atoms with Crippen LogP contribution in [0.25, 0.3) is 0 Å². The average Bonchev–Trinajstić information content (AvgIpc) is 2.46. The normalized spacial score (nSPS) is 9.76. The average molecular weight is 287 g/mol. The summed E-state index contributed by atoms with van der Waals surface area (Å²) in [5, 5.41) is 22.5. The van der Waals surface area contributed by atoms with E-state index >= 15 is 0 Å². The highest BCUT2D eigenvalue weighted by atomic mass is 19.1. The highest BCUT2D eigenvalue weighted by molar-refractivity contribution is 5.68. The third kappa shape index (κ3) is 2.90. The summed E-state index contributed by atoms with van der Waals surface area (Å²) in [7, 11) is 1.55. The maximum absolute atomic E-state index is 13.5. The minimum Gasteiger partial charge on any atom is -0.450 e. The van der Waals surface area contributed by atoms with Crippen LogP contribution < -0.4 is 10.1 Å². The van der Waals surface area contributed by atoms with Gasteiger partial charge in [0.1, 0.15) is 23.3 Å². The van der Waals surface area contributed by atoms with Gasteiger partial charge in [0.25, 0.3) is 0 Å². The second-order valence-electron chi connectivity index (χ2n) is 4.01. The molecular formula is C14H10FN3O3. The molecule has 2 aromatic rings. The Morgan fingerprint density at radius 1 is 1.38 bits per heavy atom. The van der Waals surface area contributed by atoms with Crippen molar-refractivity contribution in [3.8, 4) is 17.6 Å². The third-order valence-corrected chi connectivity index (χ3v) is 2.74. The van der Waals surface area contributed by atoms with Crippen LogP contribution >= 0.6 is 0 Å². The summed E-state index contributed by atoms with van der Waals surface area (Å²) in [5.41, 5.74) is -0.0859. The van der Waals surface area contributed by atoms with Crippen LogP contribution in [0.4, 0.5) is 15.8 Å². The van der Waals surface area contributed by atoms with Gasteiger partial charge in [-0.15, -0.1) is 0 Å². The Hall–Kier alpha value is -3.14. The standard InChI is InChI=1S/C14H10FN3O3/c1-17-12-3-2-4-13(14(12)18(19)20)21-10-6-5-9(8-16)11(15)7-10/h2-7,17H,1H3. The number of ether oxygens (including phenoxy) is 1. The molecule has 0 aliphatic rings. The lowest BCUT2D eigenvalue weighted by Crippen LogP contribution is -1.99. The summed E-state index contributed by atoms with van der Waals surface area (Å²) in [6.45, 7) is 0. The van der Waals surface area contributed by atoms with E-state index in [0.29, 0.717) is 0 Å². The number of halogens is 1. The lowest BCUT2D eigenvalue weighted by molar-refractivity contribution is -0.384. The van der Waals surface area contributed by atoms with Crippen LogP contribution in [0.2, 0.25) is 0 Å². The van der Waals surface area contributed by atoms with Gasteiger partial charge in [0.15, 0.2) is 0 Å². The zero-order valence-electron chi connectivity index (χ0n) is 11.0. The fourth-order valence-corrected chi connectivity index (χ4v) is 1.77. The van der Waals surface area contributed by atoms with Gasteiger partial charge in [0.2, 0.25) is 5.75 Å². The molecule has 0 fully saturated rings. The molecule has 1 N–H and O–H groups in total. The molecule has 0 aliphatic carbocycles. The first-order valence-electron chi connectivity index (χ1n) is 5.89. The quantitative estimate of drug-likeness (QED) is 0.687. The molecule has 0 saturated heterocycles. The molecule has 106 valence electrons. The molecular weight excluding hydrogens is 277 g/mol. The van der Waals surface area contributed by atoms with Crippen LogP contribution in [0.1, 0.15) is 5.56 Å². The van der Waals surface area contributed by atoms with Crippen molar-refractivity contribution in [1.82, 2.24) is 0 Å². The number of nitro benzene ring substituents is 1. The van der Waals surface area contributed by atoms with Crippen molar-refractivity contribution >= 4 is 11.4 Å². The smallest absolute Gasteiger partial charge is 0.334 e. The first kappa shape index (κ1) is 14.3. The van der Waals surface area contributed by atoms with Gasteiger partial charge in [-0.05, 0) is 24.3 Å². The molecule has 0 aliphatic heterocycles. The van der Waals surface area contributed by atoms with Gasteiger partial charge in [-0.2, -0.15) is 5.26 Å². The number of nitriles is 1. The second kappa shape index (κ2) is 5.88. The van der Waals surface area contributed by atoms with E-state index in [0.717, 1.165) is 6.07 Å². The Balaban J connectivity index is 2.42. The molecule has 0 aromatic heterocycles. The molecule has 2 aromatic carbocycles. The number of benzene rings is 2. The van der Waals surface area contributed by atoms with Crippen molar-refractivity contribution in [3.63, 3.8) is 0 Å². The fraction of sp³-hybridized carbons (Fsp3) is 0.0714. The lowest BCUT2D eigenvalue weighted by Gasteiger charge is -2.09. The number of anilines is 1. The van der Waals surface area contributed by atoms with Crippen LogP contribution in [0.15, 0.2) is 36.4 Å². The third-order valence-electron chi connectivity index (χ3n) is 2.74. The summed E-state index contributed by atoms with van der Waals surface area (Å²) in [4.78, 5) is 10.5. The predicted octanol–water partition coefficient (Wildman–Crippen LogP) is 3.44. The molecule has 0 spiro atoms. The molecule has 0 bridgehead atoms. The molecule has 0 saturated carbocycles. The summed E-state index contributed by atoms with van der Waals surface area (Å²) in [6, 6.07) is 9.84. The molecule has 0 heterocycles. The molecule has 6 nitrogen and oxygen atoms in total. The van der Waals surface area contributed by atoms with Crippen molar-refractivity contribution < 1.29 is 14.1 Å². The largest absolute Gasteiger partial charge is 0.450 e. The Kier molecular flexibility index (Phi) is 4.00. The number of rotatable bonds is 4. The maximum Gasteiger partial charge on any atom is 0.334 e. The van der Waals surface area contributed by atoms with Gasteiger partial charge in [0.05, 0.1) is 10.5 Å². The van der Waals surface area contributed by atoms with Gasteiger partial charge < -0.3 is 10.1 Å². The molecule has 0 amide bonds. The van der Waals surface area contributed by atoms with E-state index in [4.69, 9.17) is 10.00 Å². The van der Waals surface area contributed by atoms with Crippen LogP contribution in [0.5, 0.6) is 11.5 Å². The van der Waals surface area contributed by atoms with Crippen LogP contribution in [-0.4, -0.2) is 12.0 Å². The summed E-state index contributed by atoms with van der Waals surface area (Å²) >= 11 is 0. The number of nitrogens with one attached hydrogen (secondary N) is 1. The fourth-order valence-electron chi connectivity index (χ4n) is 1.77.